The van der Waals surface area contributed by atoms with Gasteiger partial charge in [0.2, 0.25) is 5.91 Å². The first-order valence-corrected chi connectivity index (χ1v) is 20.1. The fraction of sp³-hybridized carbons (Fsp3) is 0.857. The number of ether oxygens (including phenoxy) is 4. The van der Waals surface area contributed by atoms with Crippen molar-refractivity contribution in [2.75, 3.05) is 13.2 Å². The van der Waals surface area contributed by atoms with Gasteiger partial charge in [-0.05, 0) is 96.7 Å². The average molecular weight is 744 g/mol. The molecule has 0 radical (unpaired) electrons. The van der Waals surface area contributed by atoms with Crippen LogP contribution in [0, 0.1) is 62.6 Å². The maximum absolute atomic E-state index is 15.1. The summed E-state index contributed by atoms with van der Waals surface area (Å²) < 4.78 is 22.6. The second-order valence-corrected chi connectivity index (χ2v) is 19.2. The van der Waals surface area contributed by atoms with E-state index in [2.05, 4.69) is 59.9 Å². The van der Waals surface area contributed by atoms with Crippen LogP contribution < -0.4 is 5.32 Å². The van der Waals surface area contributed by atoms with E-state index >= 15 is 4.79 Å². The highest BCUT2D eigenvalue weighted by atomic mass is 16.6. The Hall–Kier alpha value is -2.50. The molecule has 5 fully saturated rings. The fourth-order valence-electron chi connectivity index (χ4n) is 13.2. The number of fused-ring (bicyclic) bond motifs is 7. The average Bonchev–Trinajstić information content (AvgIpc) is 3.37. The molecule has 11 nitrogen and oxygen atoms in total. The van der Waals surface area contributed by atoms with E-state index in [0.29, 0.717) is 30.6 Å². The van der Waals surface area contributed by atoms with Gasteiger partial charge in [-0.25, -0.2) is 0 Å². The van der Waals surface area contributed by atoms with E-state index < -0.39 is 53.8 Å². The number of hydrogen-bond donors (Lipinski definition) is 3. The molecule has 6 unspecified atom stereocenters. The van der Waals surface area contributed by atoms with Crippen LogP contribution in [0.15, 0.2) is 11.6 Å². The van der Waals surface area contributed by atoms with Gasteiger partial charge < -0.3 is 34.5 Å². The van der Waals surface area contributed by atoms with Gasteiger partial charge in [0.1, 0.15) is 19.3 Å². The summed E-state index contributed by atoms with van der Waals surface area (Å²) in [5.74, 6) is -1.74. The Morgan fingerprint density at radius 3 is 2.15 bits per heavy atom. The molecule has 1 saturated heterocycles. The maximum Gasteiger partial charge on any atom is 0.303 e. The van der Waals surface area contributed by atoms with Crippen LogP contribution >= 0.6 is 0 Å². The summed E-state index contributed by atoms with van der Waals surface area (Å²) in [6.07, 6.45) is 4.63. The predicted octanol–water partition coefficient (Wildman–Crippen LogP) is 5.49. The highest BCUT2D eigenvalue weighted by molar-refractivity contribution is 5.85. The molecule has 0 aromatic carbocycles. The van der Waals surface area contributed by atoms with Gasteiger partial charge in [-0.3, -0.25) is 19.2 Å². The van der Waals surface area contributed by atoms with E-state index in [4.69, 9.17) is 18.9 Å². The van der Waals surface area contributed by atoms with Crippen LogP contribution in [0.25, 0.3) is 0 Å². The topological polar surface area (TPSA) is 158 Å². The van der Waals surface area contributed by atoms with E-state index in [1.54, 1.807) is 0 Å². The van der Waals surface area contributed by atoms with Crippen molar-refractivity contribution in [1.29, 1.82) is 0 Å². The van der Waals surface area contributed by atoms with Crippen LogP contribution in [0.3, 0.4) is 0 Å². The van der Waals surface area contributed by atoms with Gasteiger partial charge in [0.15, 0.2) is 12.3 Å². The summed E-state index contributed by atoms with van der Waals surface area (Å²) in [5, 5.41) is 26.9. The molecule has 0 aromatic rings. The van der Waals surface area contributed by atoms with Gasteiger partial charge in [-0.15, -0.1) is 0 Å². The van der Waals surface area contributed by atoms with Crippen LogP contribution in [0.2, 0.25) is 0 Å². The number of aliphatic hydroxyl groups is 2. The molecule has 6 aliphatic rings. The molecule has 298 valence electrons. The molecule has 1 amide bonds. The summed E-state index contributed by atoms with van der Waals surface area (Å²) in [6.45, 7) is 19.7. The standard InChI is InChI=1S/C42H65NO10/c1-22-13-18-42(37(49)43-36-35(52-26(5)46)27(20-50-24(3)44)29(53-36)21-51-25(4)45)33(48)19-41(10)28(34(42)23(22)2)11-12-31-39(8)16-15-32(47)38(6,7)30(39)14-17-40(31,41)9/h11,22-23,27,29-36,47-48H,12-21H2,1-10H3,(H,43,49)/t22-,23+,27-,29?,30?,31?,32+,33-,34?,35?,36?,39+,40-,41-,42+/m1/s1. The van der Waals surface area contributed by atoms with E-state index in [-0.39, 0.29) is 58.7 Å². The second kappa shape index (κ2) is 13.9. The number of esters is 3. The van der Waals surface area contributed by atoms with Crippen molar-refractivity contribution in [3.05, 3.63) is 11.6 Å². The molecule has 6 rings (SSSR count). The lowest BCUT2D eigenvalue weighted by Crippen LogP contribution is -2.69. The van der Waals surface area contributed by atoms with E-state index in [0.717, 1.165) is 38.5 Å². The molecule has 0 aromatic heterocycles. The normalized spacial score (nSPS) is 47.0. The Bertz CT molecular complexity index is 1510. The number of hydrogen-bond acceptors (Lipinski definition) is 10. The van der Waals surface area contributed by atoms with E-state index in [1.807, 2.05) is 0 Å². The quantitative estimate of drug-likeness (QED) is 0.173. The lowest BCUT2D eigenvalue weighted by molar-refractivity contribution is -0.217. The molecular formula is C42H65NO10. The Labute approximate surface area is 315 Å². The summed E-state index contributed by atoms with van der Waals surface area (Å²) in [7, 11) is 0. The third-order valence-corrected chi connectivity index (χ3v) is 16.5. The molecule has 5 aliphatic carbocycles. The highest BCUT2D eigenvalue weighted by Crippen LogP contribution is 2.75. The number of carbonyl (C=O) groups excluding carboxylic acids is 4. The number of allylic oxidation sites excluding steroid dienone is 2. The van der Waals surface area contributed by atoms with Crippen molar-refractivity contribution in [1.82, 2.24) is 5.32 Å². The molecule has 1 aliphatic heterocycles. The van der Waals surface area contributed by atoms with Crippen LogP contribution in [0.5, 0.6) is 0 Å². The van der Waals surface area contributed by atoms with Gasteiger partial charge in [-0.2, -0.15) is 0 Å². The molecule has 1 heterocycles. The number of aliphatic hydroxyl groups excluding tert-OH is 2. The van der Waals surface area contributed by atoms with Gasteiger partial charge in [-0.1, -0.05) is 60.1 Å². The predicted molar refractivity (Wildman–Crippen MR) is 195 cm³/mol. The SMILES string of the molecule is CC(=O)OCC1OC(NC(=O)[C@]23CC[C@@H](C)[C@H](C)C2C2=CCC4[C@@]5(C)CC[C@H](O)C(C)(C)C5CC[C@@]4(C)[C@]2(C)C[C@H]3O)C(OC(C)=O)[C@@H]1COC(C)=O. The fourth-order valence-corrected chi connectivity index (χ4v) is 13.2. The van der Waals surface area contributed by atoms with Crippen LogP contribution in [0.1, 0.15) is 121 Å². The largest absolute Gasteiger partial charge is 0.465 e. The minimum absolute atomic E-state index is 0.0416. The lowest BCUT2D eigenvalue weighted by Gasteiger charge is -2.72. The van der Waals surface area contributed by atoms with Crippen molar-refractivity contribution in [3.8, 4) is 0 Å². The molecule has 4 saturated carbocycles. The van der Waals surface area contributed by atoms with Crippen molar-refractivity contribution in [3.63, 3.8) is 0 Å². The first-order valence-electron chi connectivity index (χ1n) is 20.1. The highest BCUT2D eigenvalue weighted by Gasteiger charge is 2.71. The first-order chi connectivity index (χ1) is 24.6. The third-order valence-electron chi connectivity index (χ3n) is 16.5. The van der Waals surface area contributed by atoms with Gasteiger partial charge in [0.05, 0.1) is 23.5 Å². The van der Waals surface area contributed by atoms with Crippen LogP contribution in [0.4, 0.5) is 0 Å². The third kappa shape index (κ3) is 6.17. The minimum atomic E-state index is -1.15. The number of amides is 1. The zero-order chi connectivity index (χ0) is 39.1. The first kappa shape index (κ1) is 40.2. The number of carbonyl (C=O) groups is 4. The lowest BCUT2D eigenvalue weighted by atomic mass is 9.33. The smallest absolute Gasteiger partial charge is 0.303 e. The van der Waals surface area contributed by atoms with E-state index in [1.165, 1.54) is 26.3 Å². The summed E-state index contributed by atoms with van der Waals surface area (Å²) in [4.78, 5) is 51.1. The zero-order valence-corrected chi connectivity index (χ0v) is 33.7. The molecular weight excluding hydrogens is 678 g/mol. The maximum atomic E-state index is 15.1. The van der Waals surface area contributed by atoms with Crippen molar-refractivity contribution >= 4 is 23.8 Å². The van der Waals surface area contributed by atoms with Crippen LogP contribution in [-0.2, 0) is 38.1 Å². The molecule has 15 atom stereocenters. The Morgan fingerprint density at radius 2 is 1.51 bits per heavy atom. The number of nitrogens with one attached hydrogen (secondary N) is 1. The van der Waals surface area contributed by atoms with Crippen molar-refractivity contribution < 1.29 is 48.3 Å². The molecule has 0 bridgehead atoms. The monoisotopic (exact) mass is 743 g/mol. The molecule has 11 heteroatoms. The Balaban J connectivity index is 1.37. The van der Waals surface area contributed by atoms with Crippen molar-refractivity contribution in [2.45, 2.75) is 151 Å². The molecule has 3 N–H and O–H groups in total. The summed E-state index contributed by atoms with van der Waals surface area (Å²) in [5.41, 5.74) is -0.461. The summed E-state index contributed by atoms with van der Waals surface area (Å²) >= 11 is 0. The minimum Gasteiger partial charge on any atom is -0.465 e. The summed E-state index contributed by atoms with van der Waals surface area (Å²) in [6, 6.07) is 0. The van der Waals surface area contributed by atoms with Gasteiger partial charge in [0.25, 0.3) is 0 Å². The zero-order valence-electron chi connectivity index (χ0n) is 33.7. The van der Waals surface area contributed by atoms with Crippen LogP contribution in [-0.4, -0.2) is 77.9 Å². The molecule has 53 heavy (non-hydrogen) atoms. The molecule has 0 spiro atoms. The van der Waals surface area contributed by atoms with Gasteiger partial charge >= 0.3 is 17.9 Å². The Morgan fingerprint density at radius 1 is 0.849 bits per heavy atom. The van der Waals surface area contributed by atoms with Gasteiger partial charge in [0, 0.05) is 26.7 Å². The second-order valence-electron chi connectivity index (χ2n) is 19.2. The van der Waals surface area contributed by atoms with E-state index in [9.17, 15) is 24.6 Å². The number of rotatable bonds is 7. The van der Waals surface area contributed by atoms with Crippen molar-refractivity contribution in [2.24, 2.45) is 62.6 Å². The Kier molecular flexibility index (Phi) is 10.5.